The molecule has 1 N–H and O–H groups in total. The van der Waals surface area contributed by atoms with E-state index in [4.69, 9.17) is 9.47 Å². The van der Waals surface area contributed by atoms with Crippen LogP contribution in [-0.4, -0.2) is 65.8 Å². The Hall–Kier alpha value is -3.26. The van der Waals surface area contributed by atoms with E-state index in [1.54, 1.807) is 14.2 Å². The number of piperazine rings is 1. The lowest BCUT2D eigenvalue weighted by atomic mass is 10.2. The summed E-state index contributed by atoms with van der Waals surface area (Å²) in [6.45, 7) is 4.30. The standard InChI is InChI=1S/C22H27N5O3/c1-29-20-7-6-17(13-21(20)30-2)15-23-22(28)26-11-9-25(10-12-26)16-18-14-19-5-3-4-8-27(19)24-18/h3-8,13-14H,9-12,15-16H2,1-2H3,(H,23,28). The summed E-state index contributed by atoms with van der Waals surface area (Å²) in [6.07, 6.45) is 1.96. The van der Waals surface area contributed by atoms with E-state index in [1.165, 1.54) is 0 Å². The number of pyridine rings is 1. The van der Waals surface area contributed by atoms with E-state index in [0.29, 0.717) is 31.1 Å². The van der Waals surface area contributed by atoms with Crippen molar-refractivity contribution in [1.82, 2.24) is 24.7 Å². The maximum atomic E-state index is 12.6. The average Bonchev–Trinajstić information content (AvgIpc) is 3.20. The summed E-state index contributed by atoms with van der Waals surface area (Å²) in [5, 5.41) is 7.61. The summed E-state index contributed by atoms with van der Waals surface area (Å²) in [5.41, 5.74) is 3.11. The van der Waals surface area contributed by atoms with Crippen LogP contribution in [0.15, 0.2) is 48.7 Å². The first-order valence-corrected chi connectivity index (χ1v) is 10.1. The van der Waals surface area contributed by atoms with Crippen molar-refractivity contribution in [3.8, 4) is 11.5 Å². The Bertz CT molecular complexity index is 978. The smallest absolute Gasteiger partial charge is 0.317 e. The van der Waals surface area contributed by atoms with Crippen LogP contribution in [0, 0.1) is 0 Å². The predicted molar refractivity (Wildman–Crippen MR) is 114 cm³/mol. The van der Waals surface area contributed by atoms with Crippen molar-refractivity contribution in [3.63, 3.8) is 0 Å². The molecule has 0 unspecified atom stereocenters. The zero-order valence-electron chi connectivity index (χ0n) is 17.4. The maximum absolute atomic E-state index is 12.6. The monoisotopic (exact) mass is 409 g/mol. The normalized spacial score (nSPS) is 14.7. The largest absolute Gasteiger partial charge is 0.493 e. The molecule has 8 heteroatoms. The second-order valence-corrected chi connectivity index (χ2v) is 7.32. The average molecular weight is 409 g/mol. The minimum Gasteiger partial charge on any atom is -0.493 e. The van der Waals surface area contributed by atoms with Crippen molar-refractivity contribution < 1.29 is 14.3 Å². The van der Waals surface area contributed by atoms with Gasteiger partial charge in [-0.1, -0.05) is 12.1 Å². The van der Waals surface area contributed by atoms with Crippen LogP contribution in [0.5, 0.6) is 11.5 Å². The molecule has 0 saturated carbocycles. The van der Waals surface area contributed by atoms with Gasteiger partial charge in [0.15, 0.2) is 11.5 Å². The molecule has 0 bridgehead atoms. The number of rotatable bonds is 6. The Morgan fingerprint density at radius 2 is 1.83 bits per heavy atom. The van der Waals surface area contributed by atoms with Crippen LogP contribution in [0.2, 0.25) is 0 Å². The van der Waals surface area contributed by atoms with Crippen LogP contribution in [-0.2, 0) is 13.1 Å². The predicted octanol–water partition coefficient (Wildman–Crippen LogP) is 2.38. The van der Waals surface area contributed by atoms with Gasteiger partial charge in [-0.05, 0) is 35.9 Å². The number of aromatic nitrogens is 2. The van der Waals surface area contributed by atoms with Gasteiger partial charge in [0.2, 0.25) is 0 Å². The Balaban J connectivity index is 1.26. The number of hydrogen-bond donors (Lipinski definition) is 1. The van der Waals surface area contributed by atoms with Gasteiger partial charge in [0, 0.05) is 45.5 Å². The number of carbonyl (C=O) groups is 1. The molecule has 3 aromatic rings. The van der Waals surface area contributed by atoms with Crippen LogP contribution in [0.3, 0.4) is 0 Å². The lowest BCUT2D eigenvalue weighted by Gasteiger charge is -2.34. The Morgan fingerprint density at radius 1 is 1.03 bits per heavy atom. The van der Waals surface area contributed by atoms with Crippen LogP contribution >= 0.6 is 0 Å². The Morgan fingerprint density at radius 3 is 2.57 bits per heavy atom. The first kappa shape index (κ1) is 20.0. The molecule has 1 fully saturated rings. The zero-order valence-corrected chi connectivity index (χ0v) is 17.4. The van der Waals surface area contributed by atoms with E-state index >= 15 is 0 Å². The molecule has 0 aliphatic carbocycles. The first-order chi connectivity index (χ1) is 14.7. The summed E-state index contributed by atoms with van der Waals surface area (Å²) < 4.78 is 12.5. The number of nitrogens with zero attached hydrogens (tertiary/aromatic N) is 4. The number of ether oxygens (including phenoxy) is 2. The second kappa shape index (κ2) is 9.04. The molecule has 30 heavy (non-hydrogen) atoms. The highest BCUT2D eigenvalue weighted by Gasteiger charge is 2.21. The number of nitrogens with one attached hydrogen (secondary N) is 1. The molecule has 1 saturated heterocycles. The summed E-state index contributed by atoms with van der Waals surface area (Å²) in [7, 11) is 3.21. The van der Waals surface area contributed by atoms with Gasteiger partial charge in [-0.3, -0.25) is 4.90 Å². The van der Waals surface area contributed by atoms with Gasteiger partial charge in [0.05, 0.1) is 25.4 Å². The maximum Gasteiger partial charge on any atom is 0.317 e. The highest BCUT2D eigenvalue weighted by molar-refractivity contribution is 5.74. The van der Waals surface area contributed by atoms with Gasteiger partial charge < -0.3 is 19.7 Å². The van der Waals surface area contributed by atoms with Crippen molar-refractivity contribution in [2.24, 2.45) is 0 Å². The van der Waals surface area contributed by atoms with E-state index < -0.39 is 0 Å². The summed E-state index contributed by atoms with van der Waals surface area (Å²) in [6, 6.07) is 13.8. The third kappa shape index (κ3) is 4.49. The number of amides is 2. The fourth-order valence-electron chi connectivity index (χ4n) is 3.69. The number of methoxy groups -OCH3 is 2. The highest BCUT2D eigenvalue weighted by atomic mass is 16.5. The molecule has 4 rings (SSSR count). The Kier molecular flexibility index (Phi) is 6.04. The number of hydrogen-bond acceptors (Lipinski definition) is 5. The van der Waals surface area contributed by atoms with Crippen molar-refractivity contribution in [1.29, 1.82) is 0 Å². The van der Waals surface area contributed by atoms with Crippen LogP contribution in [0.1, 0.15) is 11.3 Å². The summed E-state index contributed by atoms with van der Waals surface area (Å²) in [4.78, 5) is 16.8. The molecule has 158 valence electrons. The Labute approximate surface area is 176 Å². The topological polar surface area (TPSA) is 71.3 Å². The van der Waals surface area contributed by atoms with Gasteiger partial charge in [-0.15, -0.1) is 0 Å². The van der Waals surface area contributed by atoms with Crippen LogP contribution < -0.4 is 14.8 Å². The molecular weight excluding hydrogens is 382 g/mol. The third-order valence-corrected chi connectivity index (χ3v) is 5.36. The molecule has 0 radical (unpaired) electrons. The quantitative estimate of drug-likeness (QED) is 0.677. The van der Waals surface area contributed by atoms with Crippen molar-refractivity contribution >= 4 is 11.5 Å². The zero-order chi connectivity index (χ0) is 20.9. The molecule has 1 aliphatic heterocycles. The minimum absolute atomic E-state index is 0.0443. The second-order valence-electron chi connectivity index (χ2n) is 7.32. The van der Waals surface area contributed by atoms with Crippen molar-refractivity contribution in [2.75, 3.05) is 40.4 Å². The van der Waals surface area contributed by atoms with Crippen molar-refractivity contribution in [3.05, 3.63) is 59.9 Å². The molecular formula is C22H27N5O3. The summed E-state index contributed by atoms with van der Waals surface area (Å²) >= 11 is 0. The number of carbonyl (C=O) groups excluding carboxylic acids is 1. The fraction of sp³-hybridized carbons (Fsp3) is 0.364. The van der Waals surface area contributed by atoms with Gasteiger partial charge in [0.1, 0.15) is 0 Å². The molecule has 3 heterocycles. The third-order valence-electron chi connectivity index (χ3n) is 5.36. The summed E-state index contributed by atoms with van der Waals surface area (Å²) in [5.74, 6) is 1.33. The van der Waals surface area contributed by atoms with Crippen LogP contribution in [0.4, 0.5) is 4.79 Å². The molecule has 1 aromatic carbocycles. The van der Waals surface area contributed by atoms with Crippen molar-refractivity contribution in [2.45, 2.75) is 13.1 Å². The molecule has 2 amide bonds. The number of urea groups is 1. The van der Waals surface area contributed by atoms with Gasteiger partial charge in [0.25, 0.3) is 0 Å². The molecule has 2 aromatic heterocycles. The van der Waals surface area contributed by atoms with Gasteiger partial charge in [-0.25, -0.2) is 9.31 Å². The van der Waals surface area contributed by atoms with E-state index in [2.05, 4.69) is 27.4 Å². The fourth-order valence-corrected chi connectivity index (χ4v) is 3.69. The molecule has 0 spiro atoms. The van der Waals surface area contributed by atoms with Gasteiger partial charge in [-0.2, -0.15) is 5.10 Å². The minimum atomic E-state index is -0.0443. The van der Waals surface area contributed by atoms with E-state index in [1.807, 2.05) is 45.9 Å². The number of fused-ring (bicyclic) bond motifs is 1. The SMILES string of the molecule is COc1ccc(CNC(=O)N2CCN(Cc3cc4ccccn4n3)CC2)cc1OC. The van der Waals surface area contributed by atoms with E-state index in [0.717, 1.165) is 36.4 Å². The number of benzene rings is 1. The molecule has 8 nitrogen and oxygen atoms in total. The van der Waals surface area contributed by atoms with Crippen LogP contribution in [0.25, 0.3) is 5.52 Å². The van der Waals surface area contributed by atoms with Gasteiger partial charge >= 0.3 is 6.03 Å². The highest BCUT2D eigenvalue weighted by Crippen LogP contribution is 2.27. The lowest BCUT2D eigenvalue weighted by molar-refractivity contribution is 0.134. The van der Waals surface area contributed by atoms with E-state index in [-0.39, 0.29) is 6.03 Å². The first-order valence-electron chi connectivity index (χ1n) is 10.1. The lowest BCUT2D eigenvalue weighted by Crippen LogP contribution is -2.51. The molecule has 0 atom stereocenters. The molecule has 1 aliphatic rings. The van der Waals surface area contributed by atoms with E-state index in [9.17, 15) is 4.79 Å².